The smallest absolute Gasteiger partial charge is 0.0798 e. The Morgan fingerprint density at radius 3 is 2.81 bits per heavy atom. The third kappa shape index (κ3) is 1.94. The van der Waals surface area contributed by atoms with Gasteiger partial charge in [0.1, 0.15) is 0 Å². The number of nitrogens with zero attached hydrogens (tertiary/aromatic N) is 4. The maximum Gasteiger partial charge on any atom is 0.0798 e. The highest BCUT2D eigenvalue weighted by Gasteiger charge is 2.15. The number of aromatic nitrogens is 4. The van der Waals surface area contributed by atoms with Crippen LogP contribution in [0.15, 0.2) is 24.5 Å². The average molecular weight is 217 g/mol. The first kappa shape index (κ1) is 10.8. The SMILES string of the molecule is CNC(c1ccnc(C)c1)c1cnnn1C. The Labute approximate surface area is 94.5 Å². The van der Waals surface area contributed by atoms with Gasteiger partial charge in [-0.15, -0.1) is 5.10 Å². The van der Waals surface area contributed by atoms with E-state index in [1.54, 1.807) is 10.9 Å². The summed E-state index contributed by atoms with van der Waals surface area (Å²) in [4.78, 5) is 4.19. The van der Waals surface area contributed by atoms with Crippen molar-refractivity contribution in [3.8, 4) is 0 Å². The lowest BCUT2D eigenvalue weighted by Gasteiger charge is -2.16. The summed E-state index contributed by atoms with van der Waals surface area (Å²) in [6.07, 6.45) is 3.59. The van der Waals surface area contributed by atoms with E-state index >= 15 is 0 Å². The first-order valence-electron chi connectivity index (χ1n) is 5.16. The lowest BCUT2D eigenvalue weighted by molar-refractivity contribution is 0.597. The van der Waals surface area contributed by atoms with Gasteiger partial charge in [-0.2, -0.15) is 0 Å². The fourth-order valence-electron chi connectivity index (χ4n) is 1.79. The van der Waals surface area contributed by atoms with E-state index < -0.39 is 0 Å². The van der Waals surface area contributed by atoms with E-state index in [2.05, 4.69) is 26.7 Å². The lowest BCUT2D eigenvalue weighted by Crippen LogP contribution is -2.20. The van der Waals surface area contributed by atoms with Crippen molar-refractivity contribution in [3.63, 3.8) is 0 Å². The molecule has 0 spiro atoms. The molecule has 0 aliphatic heterocycles. The maximum atomic E-state index is 4.19. The summed E-state index contributed by atoms with van der Waals surface area (Å²) in [5.74, 6) is 0. The van der Waals surface area contributed by atoms with Crippen molar-refractivity contribution in [2.75, 3.05) is 7.05 Å². The summed E-state index contributed by atoms with van der Waals surface area (Å²) in [6, 6.07) is 4.16. The highest BCUT2D eigenvalue weighted by molar-refractivity contribution is 5.26. The Kier molecular flexibility index (Phi) is 2.96. The van der Waals surface area contributed by atoms with E-state index in [-0.39, 0.29) is 6.04 Å². The van der Waals surface area contributed by atoms with E-state index in [1.807, 2.05) is 33.3 Å². The third-order valence-corrected chi connectivity index (χ3v) is 2.59. The highest BCUT2D eigenvalue weighted by atomic mass is 15.4. The van der Waals surface area contributed by atoms with Gasteiger partial charge in [0, 0.05) is 18.9 Å². The molecule has 1 unspecified atom stereocenters. The molecule has 0 fully saturated rings. The van der Waals surface area contributed by atoms with Gasteiger partial charge in [-0.1, -0.05) is 5.21 Å². The molecule has 0 amide bonds. The van der Waals surface area contributed by atoms with Gasteiger partial charge in [-0.25, -0.2) is 0 Å². The first-order chi connectivity index (χ1) is 7.72. The zero-order chi connectivity index (χ0) is 11.5. The van der Waals surface area contributed by atoms with Gasteiger partial charge in [0.05, 0.1) is 17.9 Å². The van der Waals surface area contributed by atoms with Gasteiger partial charge in [0.15, 0.2) is 0 Å². The number of hydrogen-bond acceptors (Lipinski definition) is 4. The molecule has 2 heterocycles. The molecule has 1 atom stereocenters. The standard InChI is InChI=1S/C11H15N5/c1-8-6-9(4-5-13-8)11(12-2)10-7-14-15-16(10)3/h4-7,11-12H,1-3H3. The lowest BCUT2D eigenvalue weighted by atomic mass is 10.1. The summed E-state index contributed by atoms with van der Waals surface area (Å²) in [7, 11) is 3.81. The van der Waals surface area contributed by atoms with Crippen molar-refractivity contribution < 1.29 is 0 Å². The summed E-state index contributed by atoms with van der Waals surface area (Å²) in [5, 5.41) is 11.1. The van der Waals surface area contributed by atoms with E-state index in [9.17, 15) is 0 Å². The molecule has 0 saturated carbocycles. The molecule has 0 saturated heterocycles. The Hall–Kier alpha value is -1.75. The van der Waals surface area contributed by atoms with Crippen molar-refractivity contribution >= 4 is 0 Å². The van der Waals surface area contributed by atoms with Crippen molar-refractivity contribution in [3.05, 3.63) is 41.5 Å². The molecule has 1 N–H and O–H groups in total. The molecule has 2 rings (SSSR count). The summed E-state index contributed by atoms with van der Waals surface area (Å²) in [6.45, 7) is 1.98. The minimum absolute atomic E-state index is 0.0988. The van der Waals surface area contributed by atoms with E-state index in [0.29, 0.717) is 0 Å². The van der Waals surface area contributed by atoms with Crippen LogP contribution >= 0.6 is 0 Å². The number of hydrogen-bond donors (Lipinski definition) is 1. The van der Waals surface area contributed by atoms with Crippen LogP contribution in [-0.2, 0) is 7.05 Å². The molecule has 0 radical (unpaired) electrons. The quantitative estimate of drug-likeness (QED) is 0.827. The molecule has 0 bridgehead atoms. The normalized spacial score (nSPS) is 12.7. The molecule has 84 valence electrons. The molecule has 2 aromatic heterocycles. The largest absolute Gasteiger partial charge is 0.308 e. The van der Waals surface area contributed by atoms with Gasteiger partial charge < -0.3 is 5.32 Å². The van der Waals surface area contributed by atoms with Gasteiger partial charge >= 0.3 is 0 Å². The molecule has 0 aromatic carbocycles. The minimum Gasteiger partial charge on any atom is -0.308 e. The van der Waals surface area contributed by atoms with Crippen LogP contribution in [0.4, 0.5) is 0 Å². The summed E-state index contributed by atoms with van der Waals surface area (Å²) >= 11 is 0. The van der Waals surface area contributed by atoms with Gasteiger partial charge in [0.25, 0.3) is 0 Å². The Morgan fingerprint density at radius 2 is 2.25 bits per heavy atom. The second kappa shape index (κ2) is 4.40. The Morgan fingerprint density at radius 1 is 1.44 bits per heavy atom. The first-order valence-corrected chi connectivity index (χ1v) is 5.16. The summed E-state index contributed by atoms with van der Waals surface area (Å²) < 4.78 is 1.77. The van der Waals surface area contributed by atoms with E-state index in [4.69, 9.17) is 0 Å². The molecule has 5 nitrogen and oxygen atoms in total. The van der Waals surface area contributed by atoms with Crippen LogP contribution in [0.5, 0.6) is 0 Å². The number of nitrogens with one attached hydrogen (secondary N) is 1. The molecule has 16 heavy (non-hydrogen) atoms. The topological polar surface area (TPSA) is 55.6 Å². The molecule has 0 aliphatic rings. The number of aryl methyl sites for hydroxylation is 2. The van der Waals surface area contributed by atoms with Crippen LogP contribution in [-0.4, -0.2) is 27.0 Å². The zero-order valence-electron chi connectivity index (χ0n) is 9.68. The van der Waals surface area contributed by atoms with Gasteiger partial charge in [-0.3, -0.25) is 9.67 Å². The van der Waals surface area contributed by atoms with Crippen molar-refractivity contribution in [2.45, 2.75) is 13.0 Å². The Balaban J connectivity index is 2.40. The second-order valence-corrected chi connectivity index (χ2v) is 3.73. The minimum atomic E-state index is 0.0988. The molecule has 2 aromatic rings. The van der Waals surface area contributed by atoms with Crippen molar-refractivity contribution in [1.82, 2.24) is 25.3 Å². The third-order valence-electron chi connectivity index (χ3n) is 2.59. The highest BCUT2D eigenvalue weighted by Crippen LogP contribution is 2.20. The van der Waals surface area contributed by atoms with Gasteiger partial charge in [0.2, 0.25) is 0 Å². The molecule has 5 heteroatoms. The predicted molar refractivity (Wildman–Crippen MR) is 60.9 cm³/mol. The fourth-order valence-corrected chi connectivity index (χ4v) is 1.79. The predicted octanol–water partition coefficient (Wildman–Crippen LogP) is 0.827. The van der Waals surface area contributed by atoms with E-state index in [1.165, 1.54) is 5.56 Å². The number of pyridine rings is 1. The summed E-state index contributed by atoms with van der Waals surface area (Å²) in [5.41, 5.74) is 3.21. The van der Waals surface area contributed by atoms with Crippen molar-refractivity contribution in [2.24, 2.45) is 7.05 Å². The molecular weight excluding hydrogens is 202 g/mol. The fraction of sp³-hybridized carbons (Fsp3) is 0.364. The zero-order valence-corrected chi connectivity index (χ0v) is 9.68. The van der Waals surface area contributed by atoms with Crippen LogP contribution in [0.2, 0.25) is 0 Å². The molecular formula is C11H15N5. The number of rotatable bonds is 3. The second-order valence-electron chi connectivity index (χ2n) is 3.73. The molecule has 0 aliphatic carbocycles. The van der Waals surface area contributed by atoms with Crippen LogP contribution < -0.4 is 5.32 Å². The van der Waals surface area contributed by atoms with Crippen molar-refractivity contribution in [1.29, 1.82) is 0 Å². The van der Waals surface area contributed by atoms with Gasteiger partial charge in [-0.05, 0) is 31.7 Å². The monoisotopic (exact) mass is 217 g/mol. The van der Waals surface area contributed by atoms with Crippen LogP contribution in [0.3, 0.4) is 0 Å². The average Bonchev–Trinajstić information content (AvgIpc) is 2.67. The maximum absolute atomic E-state index is 4.19. The van der Waals surface area contributed by atoms with Crippen LogP contribution in [0.1, 0.15) is 23.0 Å². The Bertz CT molecular complexity index is 477. The van der Waals surface area contributed by atoms with E-state index in [0.717, 1.165) is 11.4 Å². The van der Waals surface area contributed by atoms with Crippen LogP contribution in [0.25, 0.3) is 0 Å². The van der Waals surface area contributed by atoms with Crippen LogP contribution in [0, 0.1) is 6.92 Å².